The summed E-state index contributed by atoms with van der Waals surface area (Å²) in [5, 5.41) is 2.83. The third-order valence-corrected chi connectivity index (χ3v) is 3.89. The van der Waals surface area contributed by atoms with Crippen molar-refractivity contribution >= 4 is 23.4 Å². The van der Waals surface area contributed by atoms with Gasteiger partial charge in [-0.1, -0.05) is 18.2 Å². The summed E-state index contributed by atoms with van der Waals surface area (Å²) in [5.74, 6) is 1.47. The van der Waals surface area contributed by atoms with E-state index in [0.717, 1.165) is 12.2 Å². The van der Waals surface area contributed by atoms with Crippen molar-refractivity contribution in [3.05, 3.63) is 48.7 Å². The summed E-state index contributed by atoms with van der Waals surface area (Å²) < 4.78 is 4.97. The second kappa shape index (κ2) is 8.32. The van der Waals surface area contributed by atoms with Crippen LogP contribution in [0.1, 0.15) is 12.8 Å². The average Bonchev–Trinajstić information content (AvgIpc) is 2.53. The van der Waals surface area contributed by atoms with E-state index >= 15 is 0 Å². The summed E-state index contributed by atoms with van der Waals surface area (Å²) in [7, 11) is 1.56. The first-order valence-electron chi connectivity index (χ1n) is 6.75. The van der Waals surface area contributed by atoms with E-state index in [-0.39, 0.29) is 5.91 Å². The SMILES string of the molecule is COc1ccc(NC(=O)CCCSc2ccccc2)cn1. The van der Waals surface area contributed by atoms with Crippen LogP contribution in [0.4, 0.5) is 5.69 Å². The molecule has 0 aliphatic heterocycles. The van der Waals surface area contributed by atoms with E-state index in [2.05, 4.69) is 22.4 Å². The molecule has 110 valence electrons. The lowest BCUT2D eigenvalue weighted by Crippen LogP contribution is -2.11. The number of thioether (sulfide) groups is 1. The Labute approximate surface area is 128 Å². The molecule has 0 saturated carbocycles. The Bertz CT molecular complexity index is 558. The third-order valence-electron chi connectivity index (χ3n) is 2.79. The number of amides is 1. The summed E-state index contributed by atoms with van der Waals surface area (Å²) in [4.78, 5) is 17.1. The van der Waals surface area contributed by atoms with Crippen molar-refractivity contribution in [3.63, 3.8) is 0 Å². The van der Waals surface area contributed by atoms with Gasteiger partial charge in [-0.3, -0.25) is 4.79 Å². The second-order valence-electron chi connectivity index (χ2n) is 4.40. The molecule has 0 unspecified atom stereocenters. The summed E-state index contributed by atoms with van der Waals surface area (Å²) in [6.07, 6.45) is 2.94. The number of anilines is 1. The Morgan fingerprint density at radius 3 is 2.71 bits per heavy atom. The van der Waals surface area contributed by atoms with Gasteiger partial charge in [-0.25, -0.2) is 4.98 Å². The number of ether oxygens (including phenoxy) is 1. The van der Waals surface area contributed by atoms with Crippen molar-refractivity contribution in [3.8, 4) is 5.88 Å². The zero-order chi connectivity index (χ0) is 14.9. The Balaban J connectivity index is 1.67. The highest BCUT2D eigenvalue weighted by Crippen LogP contribution is 2.18. The van der Waals surface area contributed by atoms with Crippen LogP contribution in [0, 0.1) is 0 Å². The van der Waals surface area contributed by atoms with Crippen molar-refractivity contribution in [1.82, 2.24) is 4.98 Å². The molecule has 1 N–H and O–H groups in total. The van der Waals surface area contributed by atoms with Gasteiger partial charge in [0, 0.05) is 17.4 Å². The van der Waals surface area contributed by atoms with Crippen LogP contribution < -0.4 is 10.1 Å². The molecule has 0 bridgehead atoms. The second-order valence-corrected chi connectivity index (χ2v) is 5.57. The van der Waals surface area contributed by atoms with Gasteiger partial charge in [-0.2, -0.15) is 0 Å². The Morgan fingerprint density at radius 1 is 1.24 bits per heavy atom. The molecule has 1 amide bonds. The number of hydrogen-bond acceptors (Lipinski definition) is 4. The molecule has 0 fully saturated rings. The smallest absolute Gasteiger partial charge is 0.224 e. The van der Waals surface area contributed by atoms with E-state index in [1.54, 1.807) is 37.2 Å². The quantitative estimate of drug-likeness (QED) is 0.627. The minimum absolute atomic E-state index is 0.00984. The van der Waals surface area contributed by atoms with Gasteiger partial charge in [0.25, 0.3) is 0 Å². The number of methoxy groups -OCH3 is 1. The van der Waals surface area contributed by atoms with Crippen LogP contribution in [0.15, 0.2) is 53.6 Å². The number of nitrogens with one attached hydrogen (secondary N) is 1. The lowest BCUT2D eigenvalue weighted by molar-refractivity contribution is -0.116. The van der Waals surface area contributed by atoms with Gasteiger partial charge in [0.2, 0.25) is 11.8 Å². The third kappa shape index (κ3) is 5.47. The minimum Gasteiger partial charge on any atom is -0.481 e. The van der Waals surface area contributed by atoms with E-state index in [4.69, 9.17) is 4.74 Å². The molecule has 0 saturated heterocycles. The van der Waals surface area contributed by atoms with Crippen LogP contribution in [-0.4, -0.2) is 23.8 Å². The minimum atomic E-state index is 0.00984. The van der Waals surface area contributed by atoms with E-state index in [1.165, 1.54) is 4.90 Å². The first-order chi connectivity index (χ1) is 10.3. The maximum atomic E-state index is 11.8. The zero-order valence-electron chi connectivity index (χ0n) is 11.9. The van der Waals surface area contributed by atoms with E-state index in [9.17, 15) is 4.79 Å². The van der Waals surface area contributed by atoms with Gasteiger partial charge in [-0.15, -0.1) is 11.8 Å². The fourth-order valence-electron chi connectivity index (χ4n) is 1.74. The summed E-state index contributed by atoms with van der Waals surface area (Å²) >= 11 is 1.76. The normalized spacial score (nSPS) is 10.1. The first-order valence-corrected chi connectivity index (χ1v) is 7.74. The van der Waals surface area contributed by atoms with Crippen molar-refractivity contribution in [2.24, 2.45) is 0 Å². The van der Waals surface area contributed by atoms with Crippen LogP contribution in [0.2, 0.25) is 0 Å². The van der Waals surface area contributed by atoms with E-state index in [1.807, 2.05) is 18.2 Å². The number of carbonyl (C=O) groups excluding carboxylic acids is 1. The molecular formula is C16H18N2O2S. The fraction of sp³-hybridized carbons (Fsp3) is 0.250. The van der Waals surface area contributed by atoms with Crippen LogP contribution in [0.25, 0.3) is 0 Å². The molecule has 0 aliphatic carbocycles. The number of rotatable bonds is 7. The maximum absolute atomic E-state index is 11.8. The first kappa shape index (κ1) is 15.4. The molecule has 2 aromatic rings. The standard InChI is InChI=1S/C16H18N2O2S/c1-20-16-10-9-13(12-17-16)18-15(19)8-5-11-21-14-6-3-2-4-7-14/h2-4,6-7,9-10,12H,5,8,11H2,1H3,(H,18,19). The number of nitrogens with zero attached hydrogens (tertiary/aromatic N) is 1. The van der Waals surface area contributed by atoms with Gasteiger partial charge in [0.1, 0.15) is 0 Å². The summed E-state index contributed by atoms with van der Waals surface area (Å²) in [6, 6.07) is 13.7. The highest BCUT2D eigenvalue weighted by molar-refractivity contribution is 7.99. The molecule has 2 rings (SSSR count). The molecule has 0 spiro atoms. The Kier molecular flexibility index (Phi) is 6.09. The molecule has 0 radical (unpaired) electrons. The van der Waals surface area contributed by atoms with Crippen molar-refractivity contribution in [1.29, 1.82) is 0 Å². The largest absolute Gasteiger partial charge is 0.481 e. The molecule has 1 aromatic heterocycles. The molecule has 5 heteroatoms. The van der Waals surface area contributed by atoms with Gasteiger partial charge >= 0.3 is 0 Å². The monoisotopic (exact) mass is 302 g/mol. The molecular weight excluding hydrogens is 284 g/mol. The van der Waals surface area contributed by atoms with Crippen LogP contribution in [0.3, 0.4) is 0 Å². The van der Waals surface area contributed by atoms with E-state index in [0.29, 0.717) is 18.0 Å². The van der Waals surface area contributed by atoms with Crippen molar-refractivity contribution in [2.75, 3.05) is 18.2 Å². The van der Waals surface area contributed by atoms with Crippen molar-refractivity contribution < 1.29 is 9.53 Å². The number of hydrogen-bond donors (Lipinski definition) is 1. The lowest BCUT2D eigenvalue weighted by Gasteiger charge is -2.05. The number of carbonyl (C=O) groups is 1. The molecule has 0 aliphatic rings. The average molecular weight is 302 g/mol. The predicted octanol–water partition coefficient (Wildman–Crippen LogP) is 3.60. The molecule has 21 heavy (non-hydrogen) atoms. The van der Waals surface area contributed by atoms with E-state index < -0.39 is 0 Å². The van der Waals surface area contributed by atoms with Crippen molar-refractivity contribution in [2.45, 2.75) is 17.7 Å². The van der Waals surface area contributed by atoms with Crippen LogP contribution >= 0.6 is 11.8 Å². The number of pyridine rings is 1. The Hall–Kier alpha value is -2.01. The maximum Gasteiger partial charge on any atom is 0.224 e. The lowest BCUT2D eigenvalue weighted by atomic mass is 10.3. The van der Waals surface area contributed by atoms with Crippen LogP contribution in [0.5, 0.6) is 5.88 Å². The highest BCUT2D eigenvalue weighted by atomic mass is 32.2. The summed E-state index contributed by atoms with van der Waals surface area (Å²) in [6.45, 7) is 0. The fourth-order valence-corrected chi connectivity index (χ4v) is 2.61. The predicted molar refractivity (Wildman–Crippen MR) is 85.8 cm³/mol. The molecule has 0 atom stereocenters. The molecule has 1 aromatic carbocycles. The number of aromatic nitrogens is 1. The summed E-state index contributed by atoms with van der Waals surface area (Å²) in [5.41, 5.74) is 0.691. The zero-order valence-corrected chi connectivity index (χ0v) is 12.7. The number of benzene rings is 1. The topological polar surface area (TPSA) is 51.2 Å². The van der Waals surface area contributed by atoms with Gasteiger partial charge in [0.15, 0.2) is 0 Å². The van der Waals surface area contributed by atoms with Crippen LogP contribution in [-0.2, 0) is 4.79 Å². The molecule has 4 nitrogen and oxygen atoms in total. The Morgan fingerprint density at radius 2 is 2.05 bits per heavy atom. The van der Waals surface area contributed by atoms with Gasteiger partial charge in [-0.05, 0) is 30.4 Å². The van der Waals surface area contributed by atoms with Gasteiger partial charge in [0.05, 0.1) is 19.0 Å². The van der Waals surface area contributed by atoms with Gasteiger partial charge < -0.3 is 10.1 Å². The molecule has 1 heterocycles. The highest BCUT2D eigenvalue weighted by Gasteiger charge is 2.03.